The Balaban J connectivity index is 0.000000336. The minimum Gasteiger partial charge on any atom is -0.305 e. The van der Waals surface area contributed by atoms with Crippen molar-refractivity contribution < 1.29 is 0 Å². The lowest BCUT2D eigenvalue weighted by atomic mass is 10.4. The van der Waals surface area contributed by atoms with Crippen molar-refractivity contribution in [1.29, 1.82) is 0 Å². The third-order valence-electron chi connectivity index (χ3n) is 1.40. The van der Waals surface area contributed by atoms with Crippen molar-refractivity contribution in [2.45, 2.75) is 13.8 Å². The van der Waals surface area contributed by atoms with Gasteiger partial charge in [0.05, 0.1) is 5.52 Å². The van der Waals surface area contributed by atoms with E-state index in [1.54, 1.807) is 6.33 Å². The number of aromatic nitrogens is 2. The molecule has 0 amide bonds. The van der Waals surface area contributed by atoms with Crippen LogP contribution in [0.5, 0.6) is 0 Å². The number of hydrogen-bond donors (Lipinski definition) is 0. The number of halogens is 1. The van der Waals surface area contributed by atoms with Gasteiger partial charge in [0.25, 0.3) is 0 Å². The summed E-state index contributed by atoms with van der Waals surface area (Å²) < 4.78 is 2.86. The van der Waals surface area contributed by atoms with Crippen LogP contribution in [0.4, 0.5) is 0 Å². The predicted molar refractivity (Wildman–Crippen MR) is 54.2 cm³/mol. The number of pyridine rings is 1. The molecule has 0 radical (unpaired) electrons. The summed E-state index contributed by atoms with van der Waals surface area (Å²) in [7, 11) is 0. The summed E-state index contributed by atoms with van der Waals surface area (Å²) in [5.41, 5.74) is 1.10. The summed E-state index contributed by atoms with van der Waals surface area (Å²) in [5.74, 6) is 0. The van der Waals surface area contributed by atoms with Crippen molar-refractivity contribution in [1.82, 2.24) is 9.38 Å². The van der Waals surface area contributed by atoms with E-state index < -0.39 is 0 Å². The van der Waals surface area contributed by atoms with Gasteiger partial charge in [0.1, 0.15) is 10.9 Å². The number of hydrogen-bond acceptors (Lipinski definition) is 1. The normalized spacial score (nSPS) is 9.25. The lowest BCUT2D eigenvalue weighted by Crippen LogP contribution is -1.76. The molecule has 0 fully saturated rings. The number of imidazole rings is 1. The van der Waals surface area contributed by atoms with E-state index in [0.29, 0.717) is 0 Å². The van der Waals surface area contributed by atoms with Crippen LogP contribution in [0.1, 0.15) is 13.8 Å². The molecular formula is C9H11BrN2. The van der Waals surface area contributed by atoms with E-state index in [9.17, 15) is 0 Å². The lowest BCUT2D eigenvalue weighted by molar-refractivity contribution is 1.15. The highest BCUT2D eigenvalue weighted by molar-refractivity contribution is 9.10. The number of rotatable bonds is 0. The van der Waals surface area contributed by atoms with Gasteiger partial charge in [-0.2, -0.15) is 0 Å². The van der Waals surface area contributed by atoms with E-state index in [-0.39, 0.29) is 0 Å². The van der Waals surface area contributed by atoms with Crippen LogP contribution in [-0.2, 0) is 0 Å². The molecule has 0 saturated heterocycles. The minimum atomic E-state index is 0.896. The monoisotopic (exact) mass is 226 g/mol. The summed E-state index contributed by atoms with van der Waals surface area (Å²) in [6, 6.07) is 5.97. The molecule has 2 aromatic heterocycles. The summed E-state index contributed by atoms with van der Waals surface area (Å²) in [4.78, 5) is 4.08. The largest absolute Gasteiger partial charge is 0.305 e. The minimum absolute atomic E-state index is 0.896. The molecule has 2 rings (SSSR count). The SMILES string of the molecule is Brc1ncn2ccccc12.CC. The third-order valence-corrected chi connectivity index (χ3v) is 2.01. The van der Waals surface area contributed by atoms with Gasteiger partial charge < -0.3 is 4.40 Å². The highest BCUT2D eigenvalue weighted by Crippen LogP contribution is 2.14. The Bertz CT molecular complexity index is 354. The van der Waals surface area contributed by atoms with Crippen LogP contribution in [0, 0.1) is 0 Å². The molecule has 0 saturated carbocycles. The van der Waals surface area contributed by atoms with Gasteiger partial charge in [-0.15, -0.1) is 0 Å². The van der Waals surface area contributed by atoms with E-state index >= 15 is 0 Å². The molecule has 2 nitrogen and oxygen atoms in total. The third kappa shape index (κ3) is 1.67. The Kier molecular flexibility index (Phi) is 3.29. The topological polar surface area (TPSA) is 17.3 Å². The van der Waals surface area contributed by atoms with Crippen molar-refractivity contribution in [2.24, 2.45) is 0 Å². The van der Waals surface area contributed by atoms with Crippen LogP contribution in [0.25, 0.3) is 5.52 Å². The fourth-order valence-electron chi connectivity index (χ4n) is 0.910. The van der Waals surface area contributed by atoms with Gasteiger partial charge in [0, 0.05) is 6.20 Å². The molecule has 3 heteroatoms. The van der Waals surface area contributed by atoms with Crippen LogP contribution in [0.15, 0.2) is 35.3 Å². The quantitative estimate of drug-likeness (QED) is 0.675. The first kappa shape index (κ1) is 9.26. The first-order chi connectivity index (χ1) is 5.88. The fraction of sp³-hybridized carbons (Fsp3) is 0.222. The second kappa shape index (κ2) is 4.26. The molecule has 2 heterocycles. The zero-order chi connectivity index (χ0) is 8.97. The molecule has 64 valence electrons. The highest BCUT2D eigenvalue weighted by atomic mass is 79.9. The summed E-state index contributed by atoms with van der Waals surface area (Å²) in [6.45, 7) is 4.00. The Morgan fingerprint density at radius 1 is 1.33 bits per heavy atom. The van der Waals surface area contributed by atoms with Crippen LogP contribution in [0.2, 0.25) is 0 Å². The van der Waals surface area contributed by atoms with Gasteiger partial charge in [-0.1, -0.05) is 19.9 Å². The molecule has 0 aliphatic carbocycles. The molecule has 0 atom stereocenters. The molecule has 0 spiro atoms. The molecule has 0 unspecified atom stereocenters. The van der Waals surface area contributed by atoms with E-state index in [1.807, 2.05) is 42.6 Å². The van der Waals surface area contributed by atoms with Gasteiger partial charge in [0.2, 0.25) is 0 Å². The molecule has 0 bridgehead atoms. The highest BCUT2D eigenvalue weighted by Gasteiger charge is 1.95. The van der Waals surface area contributed by atoms with Crippen molar-refractivity contribution >= 4 is 21.4 Å². The number of fused-ring (bicyclic) bond motifs is 1. The molecule has 0 aliphatic heterocycles. The summed E-state index contributed by atoms with van der Waals surface area (Å²) in [5, 5.41) is 0. The fourth-order valence-corrected chi connectivity index (χ4v) is 1.34. The van der Waals surface area contributed by atoms with Crippen LogP contribution in [0.3, 0.4) is 0 Å². The smallest absolute Gasteiger partial charge is 0.131 e. The average molecular weight is 227 g/mol. The van der Waals surface area contributed by atoms with Gasteiger partial charge in [-0.3, -0.25) is 0 Å². The van der Waals surface area contributed by atoms with Crippen LogP contribution in [-0.4, -0.2) is 9.38 Å². The van der Waals surface area contributed by atoms with E-state index in [0.717, 1.165) is 10.1 Å². The molecule has 0 aromatic carbocycles. The Labute approximate surface area is 80.4 Å². The molecule has 2 aromatic rings. The first-order valence-electron chi connectivity index (χ1n) is 3.95. The van der Waals surface area contributed by atoms with Crippen molar-refractivity contribution in [2.75, 3.05) is 0 Å². The molecule has 12 heavy (non-hydrogen) atoms. The van der Waals surface area contributed by atoms with Gasteiger partial charge in [0.15, 0.2) is 0 Å². The van der Waals surface area contributed by atoms with E-state index in [1.165, 1.54) is 0 Å². The Hall–Kier alpha value is -0.830. The average Bonchev–Trinajstić information content (AvgIpc) is 2.53. The van der Waals surface area contributed by atoms with Crippen molar-refractivity contribution in [3.8, 4) is 0 Å². The molecule has 0 N–H and O–H groups in total. The Morgan fingerprint density at radius 3 is 2.75 bits per heavy atom. The van der Waals surface area contributed by atoms with Gasteiger partial charge >= 0.3 is 0 Å². The molecule has 0 aliphatic rings. The molecular weight excluding hydrogens is 216 g/mol. The summed E-state index contributed by atoms with van der Waals surface area (Å²) in [6.07, 6.45) is 3.74. The second-order valence-corrected chi connectivity index (χ2v) is 2.78. The zero-order valence-corrected chi connectivity index (χ0v) is 8.75. The summed E-state index contributed by atoms with van der Waals surface area (Å²) >= 11 is 3.33. The maximum atomic E-state index is 4.08. The predicted octanol–water partition coefficient (Wildman–Crippen LogP) is 3.12. The first-order valence-corrected chi connectivity index (χ1v) is 4.74. The van der Waals surface area contributed by atoms with E-state index in [2.05, 4.69) is 20.9 Å². The van der Waals surface area contributed by atoms with Crippen LogP contribution < -0.4 is 0 Å². The van der Waals surface area contributed by atoms with Crippen molar-refractivity contribution in [3.05, 3.63) is 35.3 Å². The van der Waals surface area contributed by atoms with E-state index in [4.69, 9.17) is 0 Å². The maximum Gasteiger partial charge on any atom is 0.131 e. The number of nitrogens with zero attached hydrogens (tertiary/aromatic N) is 2. The van der Waals surface area contributed by atoms with Crippen molar-refractivity contribution in [3.63, 3.8) is 0 Å². The van der Waals surface area contributed by atoms with Crippen LogP contribution >= 0.6 is 15.9 Å². The second-order valence-electron chi connectivity index (χ2n) is 2.03. The lowest BCUT2D eigenvalue weighted by Gasteiger charge is -1.88. The van der Waals surface area contributed by atoms with Gasteiger partial charge in [-0.25, -0.2) is 4.98 Å². The Morgan fingerprint density at radius 2 is 2.08 bits per heavy atom. The standard InChI is InChI=1S/C7H5BrN2.C2H6/c8-7-6-3-1-2-4-10(6)5-9-7;1-2/h1-5H;1-2H3. The zero-order valence-electron chi connectivity index (χ0n) is 7.16. The van der Waals surface area contributed by atoms with Gasteiger partial charge in [-0.05, 0) is 28.1 Å². The maximum absolute atomic E-state index is 4.08.